The maximum atomic E-state index is 4.59. The number of benzene rings is 2. The molecule has 2 nitrogen and oxygen atoms in total. The van der Waals surface area contributed by atoms with Gasteiger partial charge in [-0.1, -0.05) is 80.9 Å². The van der Waals surface area contributed by atoms with Crippen molar-refractivity contribution < 1.29 is 0 Å². The molecule has 0 bridgehead atoms. The SMILES string of the molecule is CC(C)CCCc1cnc([B]C(c2ccccc2)c2ccccc2)[nH]1. The fourth-order valence-electron chi connectivity index (χ4n) is 3.15. The van der Waals surface area contributed by atoms with Gasteiger partial charge in [0.25, 0.3) is 0 Å². The van der Waals surface area contributed by atoms with Gasteiger partial charge in [0.15, 0.2) is 0 Å². The molecule has 0 aliphatic heterocycles. The minimum atomic E-state index is 0.206. The van der Waals surface area contributed by atoms with Gasteiger partial charge in [-0.25, -0.2) is 0 Å². The van der Waals surface area contributed by atoms with E-state index in [0.29, 0.717) is 0 Å². The van der Waals surface area contributed by atoms with Crippen LogP contribution in [-0.2, 0) is 6.42 Å². The molecule has 2 aromatic carbocycles. The zero-order valence-electron chi connectivity index (χ0n) is 15.2. The third kappa shape index (κ3) is 5.09. The van der Waals surface area contributed by atoms with Gasteiger partial charge in [0, 0.05) is 11.9 Å². The third-order valence-electron chi connectivity index (χ3n) is 4.52. The second-order valence-electron chi connectivity index (χ2n) is 7.05. The van der Waals surface area contributed by atoms with Crippen LogP contribution in [-0.4, -0.2) is 17.2 Å². The first-order chi connectivity index (χ1) is 12.2. The second kappa shape index (κ2) is 8.71. The van der Waals surface area contributed by atoms with Crippen molar-refractivity contribution in [3.05, 3.63) is 83.7 Å². The number of nitrogens with zero attached hydrogens (tertiary/aromatic N) is 1. The number of aromatic amines is 1. The average Bonchev–Trinajstić information content (AvgIpc) is 3.08. The van der Waals surface area contributed by atoms with E-state index in [9.17, 15) is 0 Å². The summed E-state index contributed by atoms with van der Waals surface area (Å²) >= 11 is 0. The Balaban J connectivity index is 1.74. The van der Waals surface area contributed by atoms with E-state index < -0.39 is 0 Å². The van der Waals surface area contributed by atoms with Crippen LogP contribution in [0.15, 0.2) is 66.9 Å². The van der Waals surface area contributed by atoms with E-state index in [4.69, 9.17) is 0 Å². The van der Waals surface area contributed by atoms with Gasteiger partial charge in [-0.2, -0.15) is 0 Å². The van der Waals surface area contributed by atoms with E-state index >= 15 is 0 Å². The van der Waals surface area contributed by atoms with Crippen molar-refractivity contribution in [1.29, 1.82) is 0 Å². The molecule has 0 saturated carbocycles. The van der Waals surface area contributed by atoms with E-state index in [-0.39, 0.29) is 5.82 Å². The predicted octanol–water partition coefficient (Wildman–Crippen LogP) is 4.51. The first-order valence-corrected chi connectivity index (χ1v) is 9.21. The fraction of sp³-hybridized carbons (Fsp3) is 0.318. The lowest BCUT2D eigenvalue weighted by molar-refractivity contribution is 0.553. The molecule has 1 radical (unpaired) electrons. The summed E-state index contributed by atoms with van der Waals surface area (Å²) in [5.74, 6) is 0.964. The second-order valence-corrected chi connectivity index (χ2v) is 7.05. The maximum Gasteiger partial charge on any atom is 0.215 e. The highest BCUT2D eigenvalue weighted by Crippen LogP contribution is 2.23. The van der Waals surface area contributed by atoms with Crippen LogP contribution in [0.5, 0.6) is 0 Å². The van der Waals surface area contributed by atoms with Gasteiger partial charge in [0.05, 0.1) is 5.72 Å². The summed E-state index contributed by atoms with van der Waals surface area (Å²) in [5, 5.41) is 0. The summed E-state index contributed by atoms with van der Waals surface area (Å²) in [6.45, 7) is 4.55. The predicted molar refractivity (Wildman–Crippen MR) is 106 cm³/mol. The van der Waals surface area contributed by atoms with Gasteiger partial charge in [0.2, 0.25) is 7.28 Å². The molecule has 0 aliphatic rings. The minimum Gasteiger partial charge on any atom is -0.355 e. The van der Waals surface area contributed by atoms with E-state index in [2.05, 4.69) is 91.8 Å². The van der Waals surface area contributed by atoms with E-state index in [1.54, 1.807) is 0 Å². The monoisotopic (exact) mass is 329 g/mol. The molecule has 0 atom stereocenters. The molecule has 0 fully saturated rings. The first-order valence-electron chi connectivity index (χ1n) is 9.21. The number of aromatic nitrogens is 2. The number of rotatable bonds is 8. The summed E-state index contributed by atoms with van der Waals surface area (Å²) < 4.78 is 0. The molecule has 127 valence electrons. The molecule has 3 heteroatoms. The molecule has 0 spiro atoms. The molecule has 1 N–H and O–H groups in total. The Morgan fingerprint density at radius 1 is 0.920 bits per heavy atom. The smallest absolute Gasteiger partial charge is 0.215 e. The Morgan fingerprint density at radius 3 is 2.08 bits per heavy atom. The van der Waals surface area contributed by atoms with E-state index in [1.165, 1.54) is 29.7 Å². The summed E-state index contributed by atoms with van der Waals surface area (Å²) in [6, 6.07) is 21.2. The number of nitrogens with one attached hydrogen (secondary N) is 1. The van der Waals surface area contributed by atoms with Crippen LogP contribution in [0.1, 0.15) is 49.3 Å². The Morgan fingerprint density at radius 2 is 1.52 bits per heavy atom. The van der Waals surface area contributed by atoms with Crippen LogP contribution in [0.25, 0.3) is 0 Å². The minimum absolute atomic E-state index is 0.206. The summed E-state index contributed by atoms with van der Waals surface area (Å²) in [7, 11) is 2.23. The molecule has 3 rings (SSSR count). The number of hydrogen-bond acceptors (Lipinski definition) is 1. The molecule has 3 aromatic rings. The Labute approximate surface area is 152 Å². The van der Waals surface area contributed by atoms with Crippen molar-refractivity contribution in [2.75, 3.05) is 0 Å². The van der Waals surface area contributed by atoms with Crippen LogP contribution in [0.3, 0.4) is 0 Å². The molecule has 0 saturated heterocycles. The standard InChI is InChI=1S/C22H26BN2/c1-17(2)10-9-15-20-16-24-22(25-20)23-21(18-11-5-3-6-12-18)19-13-7-4-8-14-19/h3-8,11-14,16-17,21H,9-10,15H2,1-2H3,(H,24,25). The molecule has 0 unspecified atom stereocenters. The Kier molecular flexibility index (Phi) is 6.11. The first kappa shape index (κ1) is 17.5. The molecular formula is C22H26BN2. The summed E-state index contributed by atoms with van der Waals surface area (Å²) in [5.41, 5.74) is 4.75. The number of aryl methyl sites for hydroxylation is 1. The lowest BCUT2D eigenvalue weighted by Crippen LogP contribution is -2.26. The topological polar surface area (TPSA) is 28.7 Å². The molecule has 25 heavy (non-hydrogen) atoms. The molecule has 0 amide bonds. The number of imidazole rings is 1. The van der Waals surface area contributed by atoms with Crippen LogP contribution < -0.4 is 5.72 Å². The quantitative estimate of drug-likeness (QED) is 0.605. The van der Waals surface area contributed by atoms with Gasteiger partial charge < -0.3 is 4.98 Å². The van der Waals surface area contributed by atoms with Crippen LogP contribution in [0, 0.1) is 5.92 Å². The van der Waals surface area contributed by atoms with Gasteiger partial charge in [-0.05, 0) is 35.7 Å². The number of hydrogen-bond donors (Lipinski definition) is 1. The van der Waals surface area contributed by atoms with Crippen molar-refractivity contribution in [3.8, 4) is 0 Å². The largest absolute Gasteiger partial charge is 0.355 e. The third-order valence-corrected chi connectivity index (χ3v) is 4.52. The zero-order chi connectivity index (χ0) is 17.5. The summed E-state index contributed by atoms with van der Waals surface area (Å²) in [4.78, 5) is 8.08. The average molecular weight is 329 g/mol. The summed E-state index contributed by atoms with van der Waals surface area (Å²) in [6.07, 6.45) is 5.52. The fourth-order valence-corrected chi connectivity index (χ4v) is 3.15. The van der Waals surface area contributed by atoms with E-state index in [0.717, 1.165) is 18.1 Å². The van der Waals surface area contributed by atoms with Gasteiger partial charge >= 0.3 is 0 Å². The zero-order valence-corrected chi connectivity index (χ0v) is 15.2. The van der Waals surface area contributed by atoms with Crippen molar-refractivity contribution in [1.82, 2.24) is 9.97 Å². The normalized spacial score (nSPS) is 11.2. The van der Waals surface area contributed by atoms with Gasteiger partial charge in [-0.15, -0.1) is 0 Å². The van der Waals surface area contributed by atoms with Crippen molar-refractivity contribution >= 4 is 13.0 Å². The van der Waals surface area contributed by atoms with E-state index in [1.807, 2.05) is 6.20 Å². The lowest BCUT2D eigenvalue weighted by Gasteiger charge is -2.16. The highest BCUT2D eigenvalue weighted by atomic mass is 14.9. The number of H-pyrrole nitrogens is 1. The lowest BCUT2D eigenvalue weighted by atomic mass is 9.58. The maximum absolute atomic E-state index is 4.59. The molecule has 1 heterocycles. The van der Waals surface area contributed by atoms with Crippen LogP contribution in [0.2, 0.25) is 0 Å². The highest BCUT2D eigenvalue weighted by molar-refractivity contribution is 6.53. The van der Waals surface area contributed by atoms with Crippen LogP contribution >= 0.6 is 0 Å². The Bertz CT molecular complexity index is 710. The van der Waals surface area contributed by atoms with Gasteiger partial charge in [-0.3, -0.25) is 4.98 Å². The molecular weight excluding hydrogens is 303 g/mol. The molecule has 1 aromatic heterocycles. The molecule has 0 aliphatic carbocycles. The van der Waals surface area contributed by atoms with Crippen molar-refractivity contribution in [2.45, 2.75) is 38.9 Å². The van der Waals surface area contributed by atoms with Gasteiger partial charge in [0.1, 0.15) is 0 Å². The van der Waals surface area contributed by atoms with Crippen LogP contribution in [0.4, 0.5) is 0 Å². The Hall–Kier alpha value is -2.29. The van der Waals surface area contributed by atoms with Crippen molar-refractivity contribution in [3.63, 3.8) is 0 Å². The van der Waals surface area contributed by atoms with Crippen molar-refractivity contribution in [2.24, 2.45) is 5.92 Å². The highest BCUT2D eigenvalue weighted by Gasteiger charge is 2.18.